The number of aromatic nitrogens is 2. The van der Waals surface area contributed by atoms with Crippen molar-refractivity contribution in [3.05, 3.63) is 60.2 Å². The van der Waals surface area contributed by atoms with Gasteiger partial charge >= 0.3 is 0 Å². The van der Waals surface area contributed by atoms with E-state index in [2.05, 4.69) is 9.71 Å². The number of nitrogens with zero attached hydrogens (tertiary/aromatic N) is 2. The lowest BCUT2D eigenvalue weighted by molar-refractivity contribution is 0.577. The Hall–Kier alpha value is -2.25. The van der Waals surface area contributed by atoms with Crippen LogP contribution in [0, 0.1) is 5.82 Å². The summed E-state index contributed by atoms with van der Waals surface area (Å²) < 4.78 is 41.5. The van der Waals surface area contributed by atoms with Crippen molar-refractivity contribution in [2.45, 2.75) is 11.4 Å². The third-order valence-corrected chi connectivity index (χ3v) is 4.84. The molecule has 0 saturated heterocycles. The smallest absolute Gasteiger partial charge is 0.240 e. The Labute approximate surface area is 127 Å². The van der Waals surface area contributed by atoms with Crippen molar-refractivity contribution in [2.75, 3.05) is 0 Å². The van der Waals surface area contributed by atoms with E-state index in [0.717, 1.165) is 23.2 Å². The van der Waals surface area contributed by atoms with E-state index in [1.54, 1.807) is 0 Å². The Balaban J connectivity index is 1.84. The van der Waals surface area contributed by atoms with Gasteiger partial charge in [-0.15, -0.1) is 0 Å². The van der Waals surface area contributed by atoms with E-state index in [-0.39, 0.29) is 11.4 Å². The number of fused-ring (bicyclic) bond motifs is 1. The van der Waals surface area contributed by atoms with Crippen molar-refractivity contribution in [1.29, 1.82) is 0 Å². The molecule has 0 fully saturated rings. The molecule has 0 saturated carbocycles. The van der Waals surface area contributed by atoms with Crippen molar-refractivity contribution < 1.29 is 12.8 Å². The van der Waals surface area contributed by atoms with Gasteiger partial charge < -0.3 is 4.57 Å². The van der Waals surface area contributed by atoms with Gasteiger partial charge in [0.15, 0.2) is 0 Å². The Morgan fingerprint density at radius 3 is 2.50 bits per heavy atom. The summed E-state index contributed by atoms with van der Waals surface area (Å²) in [6, 6.07) is 12.2. The van der Waals surface area contributed by atoms with Gasteiger partial charge in [0, 0.05) is 7.05 Å². The highest BCUT2D eigenvalue weighted by Gasteiger charge is 2.15. The van der Waals surface area contributed by atoms with E-state index in [1.807, 2.05) is 35.9 Å². The molecule has 0 atom stereocenters. The maximum Gasteiger partial charge on any atom is 0.240 e. The van der Waals surface area contributed by atoms with Crippen LogP contribution in [0.25, 0.3) is 11.0 Å². The van der Waals surface area contributed by atoms with Crippen molar-refractivity contribution >= 4 is 21.1 Å². The maximum atomic E-state index is 12.9. The SMILES string of the molecule is Cn1c(CNS(=O)(=O)c2ccc(F)cc2)nc2ccccc21. The highest BCUT2D eigenvalue weighted by molar-refractivity contribution is 7.89. The normalized spacial score (nSPS) is 11.9. The number of nitrogens with one attached hydrogen (secondary N) is 1. The number of rotatable bonds is 4. The lowest BCUT2D eigenvalue weighted by Crippen LogP contribution is -2.24. The summed E-state index contributed by atoms with van der Waals surface area (Å²) in [5.74, 6) is 0.126. The van der Waals surface area contributed by atoms with Crippen LogP contribution in [0.5, 0.6) is 0 Å². The zero-order valence-corrected chi connectivity index (χ0v) is 12.6. The van der Waals surface area contributed by atoms with Crippen molar-refractivity contribution in [2.24, 2.45) is 7.05 Å². The van der Waals surface area contributed by atoms with Gasteiger partial charge in [-0.05, 0) is 36.4 Å². The van der Waals surface area contributed by atoms with Gasteiger partial charge in [0.2, 0.25) is 10.0 Å². The fraction of sp³-hybridized carbons (Fsp3) is 0.133. The van der Waals surface area contributed by atoms with Gasteiger partial charge in [-0.1, -0.05) is 12.1 Å². The first-order chi connectivity index (χ1) is 10.5. The summed E-state index contributed by atoms with van der Waals surface area (Å²) in [7, 11) is -1.87. The highest BCUT2D eigenvalue weighted by Crippen LogP contribution is 2.15. The number of sulfonamides is 1. The van der Waals surface area contributed by atoms with Gasteiger partial charge in [0.1, 0.15) is 11.6 Å². The van der Waals surface area contributed by atoms with Crippen molar-refractivity contribution in [3.63, 3.8) is 0 Å². The molecular weight excluding hydrogens is 305 g/mol. The molecule has 2 aromatic carbocycles. The molecule has 22 heavy (non-hydrogen) atoms. The van der Waals surface area contributed by atoms with Crippen molar-refractivity contribution in [3.8, 4) is 0 Å². The molecule has 1 N–H and O–H groups in total. The first kappa shape index (κ1) is 14.7. The molecule has 0 aliphatic rings. The lowest BCUT2D eigenvalue weighted by Gasteiger charge is -2.07. The number of aryl methyl sites for hydroxylation is 1. The average Bonchev–Trinajstić information content (AvgIpc) is 2.83. The third kappa shape index (κ3) is 2.72. The number of benzene rings is 2. The second-order valence-corrected chi connectivity index (χ2v) is 6.62. The van der Waals surface area contributed by atoms with Crippen LogP contribution in [-0.4, -0.2) is 18.0 Å². The molecule has 0 radical (unpaired) electrons. The Morgan fingerprint density at radius 2 is 1.82 bits per heavy atom. The molecule has 3 rings (SSSR count). The standard InChI is InChI=1S/C15H14FN3O2S/c1-19-14-5-3-2-4-13(14)18-15(19)10-17-22(20,21)12-8-6-11(16)7-9-12/h2-9,17H,10H2,1H3. The molecule has 0 spiro atoms. The quantitative estimate of drug-likeness (QED) is 0.802. The second kappa shape index (κ2) is 5.51. The summed E-state index contributed by atoms with van der Waals surface area (Å²) in [6.45, 7) is 0.0604. The molecule has 3 aromatic rings. The molecular formula is C15H14FN3O2S. The Morgan fingerprint density at radius 1 is 1.14 bits per heavy atom. The molecule has 5 nitrogen and oxygen atoms in total. The summed E-state index contributed by atoms with van der Waals surface area (Å²) in [4.78, 5) is 4.42. The van der Waals surface area contributed by atoms with Gasteiger partial charge in [-0.3, -0.25) is 0 Å². The first-order valence-electron chi connectivity index (χ1n) is 6.63. The fourth-order valence-electron chi connectivity index (χ4n) is 2.21. The topological polar surface area (TPSA) is 64.0 Å². The van der Waals surface area contributed by atoms with Gasteiger partial charge in [0.25, 0.3) is 0 Å². The zero-order chi connectivity index (χ0) is 15.7. The van der Waals surface area contributed by atoms with Crippen LogP contribution in [-0.2, 0) is 23.6 Å². The number of para-hydroxylation sites is 2. The zero-order valence-electron chi connectivity index (χ0n) is 11.8. The first-order valence-corrected chi connectivity index (χ1v) is 8.11. The van der Waals surface area contributed by atoms with Crippen LogP contribution in [0.3, 0.4) is 0 Å². The third-order valence-electron chi connectivity index (χ3n) is 3.42. The molecule has 0 unspecified atom stereocenters. The van der Waals surface area contributed by atoms with E-state index >= 15 is 0 Å². The molecule has 7 heteroatoms. The number of imidazole rings is 1. The van der Waals surface area contributed by atoms with Crippen LogP contribution in [0.15, 0.2) is 53.4 Å². The molecule has 1 aromatic heterocycles. The Bertz CT molecular complexity index is 918. The van der Waals surface area contributed by atoms with Crippen LogP contribution in [0.2, 0.25) is 0 Å². The van der Waals surface area contributed by atoms with Gasteiger partial charge in [-0.2, -0.15) is 0 Å². The minimum atomic E-state index is -3.70. The van der Waals surface area contributed by atoms with E-state index < -0.39 is 15.8 Å². The molecule has 0 aliphatic heterocycles. The second-order valence-electron chi connectivity index (χ2n) is 4.85. The highest BCUT2D eigenvalue weighted by atomic mass is 32.2. The largest absolute Gasteiger partial charge is 0.330 e. The van der Waals surface area contributed by atoms with Crippen LogP contribution in [0.1, 0.15) is 5.82 Å². The predicted octanol–water partition coefficient (Wildman–Crippen LogP) is 2.19. The summed E-state index contributed by atoms with van der Waals surface area (Å²) >= 11 is 0. The van der Waals surface area contributed by atoms with Crippen molar-refractivity contribution in [1.82, 2.24) is 14.3 Å². The van der Waals surface area contributed by atoms with E-state index in [1.165, 1.54) is 12.1 Å². The van der Waals surface area contributed by atoms with Gasteiger partial charge in [0.05, 0.1) is 22.5 Å². The summed E-state index contributed by atoms with van der Waals surface area (Å²) in [5, 5.41) is 0. The summed E-state index contributed by atoms with van der Waals surface area (Å²) in [5.41, 5.74) is 1.74. The maximum absolute atomic E-state index is 12.9. The monoisotopic (exact) mass is 319 g/mol. The van der Waals surface area contributed by atoms with Crippen LogP contribution >= 0.6 is 0 Å². The minimum Gasteiger partial charge on any atom is -0.330 e. The van der Waals surface area contributed by atoms with E-state index in [0.29, 0.717) is 5.82 Å². The Kier molecular flexibility index (Phi) is 3.67. The predicted molar refractivity (Wildman–Crippen MR) is 81.1 cm³/mol. The molecule has 0 aliphatic carbocycles. The van der Waals surface area contributed by atoms with Crippen LogP contribution < -0.4 is 4.72 Å². The molecule has 1 heterocycles. The number of halogens is 1. The molecule has 0 bridgehead atoms. The minimum absolute atomic E-state index is 0.0210. The number of hydrogen-bond donors (Lipinski definition) is 1. The van der Waals surface area contributed by atoms with Gasteiger partial charge in [-0.25, -0.2) is 22.5 Å². The molecule has 0 amide bonds. The van der Waals surface area contributed by atoms with E-state index in [4.69, 9.17) is 0 Å². The molecule has 114 valence electrons. The fourth-order valence-corrected chi connectivity index (χ4v) is 3.19. The van der Waals surface area contributed by atoms with Crippen LogP contribution in [0.4, 0.5) is 4.39 Å². The summed E-state index contributed by atoms with van der Waals surface area (Å²) in [6.07, 6.45) is 0. The lowest BCUT2D eigenvalue weighted by atomic mass is 10.3. The van der Waals surface area contributed by atoms with E-state index in [9.17, 15) is 12.8 Å². The number of hydrogen-bond acceptors (Lipinski definition) is 3. The average molecular weight is 319 g/mol.